The summed E-state index contributed by atoms with van der Waals surface area (Å²) in [5.74, 6) is -6.45. The normalized spacial score (nSPS) is 11.9. The summed E-state index contributed by atoms with van der Waals surface area (Å²) in [4.78, 5) is 12.6. The lowest BCUT2D eigenvalue weighted by molar-refractivity contribution is -0.179. The molecule has 0 saturated carbocycles. The number of rotatable bonds is 5. The topological polar surface area (TPSA) is 20.3 Å². The number of likely N-dealkylation sites (N-methyl/N-ethyl adjacent to an activating group) is 1. The lowest BCUT2D eigenvalue weighted by atomic mass is 10.2. The van der Waals surface area contributed by atoms with Gasteiger partial charge < -0.3 is 4.90 Å². The maximum atomic E-state index is 12.7. The molecule has 2 nitrogen and oxygen atoms in total. The van der Waals surface area contributed by atoms with Crippen LogP contribution >= 0.6 is 11.3 Å². The van der Waals surface area contributed by atoms with E-state index >= 15 is 0 Å². The number of hydrogen-bond acceptors (Lipinski definition) is 2. The Morgan fingerprint density at radius 3 is 2.65 bits per heavy atom. The van der Waals surface area contributed by atoms with Crippen molar-refractivity contribution >= 4 is 17.2 Å². The molecule has 0 atom stereocenters. The van der Waals surface area contributed by atoms with Gasteiger partial charge in [-0.05, 0) is 17.9 Å². The molecule has 1 aromatic heterocycles. The highest BCUT2D eigenvalue weighted by molar-refractivity contribution is 7.09. The van der Waals surface area contributed by atoms with Crippen LogP contribution in [0, 0.1) is 0 Å². The van der Waals surface area contributed by atoms with Crippen molar-refractivity contribution in [2.45, 2.75) is 18.8 Å². The number of halogens is 4. The maximum Gasteiger partial charge on any atom is 0.383 e. The molecule has 96 valence electrons. The highest BCUT2D eigenvalue weighted by atomic mass is 32.1. The quantitative estimate of drug-likeness (QED) is 0.752. The van der Waals surface area contributed by atoms with E-state index < -0.39 is 18.3 Å². The van der Waals surface area contributed by atoms with Crippen molar-refractivity contribution in [3.8, 4) is 0 Å². The van der Waals surface area contributed by atoms with Gasteiger partial charge in [0.2, 0.25) is 0 Å². The summed E-state index contributed by atoms with van der Waals surface area (Å²) in [6.07, 6.45) is -3.60. The smallest absolute Gasteiger partial charge is 0.340 e. The zero-order chi connectivity index (χ0) is 13.1. The van der Waals surface area contributed by atoms with Gasteiger partial charge in [0.25, 0.3) is 5.91 Å². The fraction of sp³-hybridized carbons (Fsp3) is 0.500. The Labute approximate surface area is 99.8 Å². The number of carbonyl (C=O) groups is 1. The summed E-state index contributed by atoms with van der Waals surface area (Å²) in [5.41, 5.74) is 0. The highest BCUT2D eigenvalue weighted by Gasteiger charge is 2.50. The summed E-state index contributed by atoms with van der Waals surface area (Å²) in [6.45, 7) is -0.0122. The van der Waals surface area contributed by atoms with E-state index in [9.17, 15) is 22.4 Å². The van der Waals surface area contributed by atoms with Crippen molar-refractivity contribution in [3.63, 3.8) is 0 Å². The fourth-order valence-corrected chi connectivity index (χ4v) is 1.88. The maximum absolute atomic E-state index is 12.7. The molecular formula is C10H11F4NOS. The minimum absolute atomic E-state index is 0.0122. The second-order valence-electron chi connectivity index (χ2n) is 3.48. The van der Waals surface area contributed by atoms with E-state index in [1.54, 1.807) is 12.1 Å². The van der Waals surface area contributed by atoms with Gasteiger partial charge in [0.05, 0.1) is 0 Å². The molecule has 0 saturated heterocycles. The van der Waals surface area contributed by atoms with Crippen molar-refractivity contribution in [1.29, 1.82) is 0 Å². The highest BCUT2D eigenvalue weighted by Crippen LogP contribution is 2.25. The average Bonchev–Trinajstić information content (AvgIpc) is 2.77. The summed E-state index contributed by atoms with van der Waals surface area (Å²) in [5, 5.41) is 1.81. The molecule has 0 fully saturated rings. The van der Waals surface area contributed by atoms with E-state index in [4.69, 9.17) is 0 Å². The first-order valence-corrected chi connectivity index (χ1v) is 5.67. The fourth-order valence-electron chi connectivity index (χ4n) is 1.18. The molecule has 0 radical (unpaired) electrons. The SMILES string of the molecule is CN(CCc1cccs1)C(=O)C(F)(F)C(F)F. The van der Waals surface area contributed by atoms with E-state index in [2.05, 4.69) is 0 Å². The Hall–Kier alpha value is -1.11. The van der Waals surface area contributed by atoms with Crippen molar-refractivity contribution in [2.75, 3.05) is 13.6 Å². The van der Waals surface area contributed by atoms with E-state index in [0.29, 0.717) is 11.3 Å². The predicted molar refractivity (Wildman–Crippen MR) is 56.6 cm³/mol. The molecule has 1 amide bonds. The predicted octanol–water partition coefficient (Wildman–Crippen LogP) is 2.65. The van der Waals surface area contributed by atoms with E-state index in [-0.39, 0.29) is 6.54 Å². The molecular weight excluding hydrogens is 258 g/mol. The average molecular weight is 269 g/mol. The molecule has 0 aliphatic heterocycles. The van der Waals surface area contributed by atoms with Crippen LogP contribution in [0.2, 0.25) is 0 Å². The molecule has 0 bridgehead atoms. The van der Waals surface area contributed by atoms with Gasteiger partial charge in [0.15, 0.2) is 0 Å². The first-order valence-electron chi connectivity index (χ1n) is 4.79. The van der Waals surface area contributed by atoms with Crippen LogP contribution in [0.25, 0.3) is 0 Å². The van der Waals surface area contributed by atoms with Crippen LogP contribution in [-0.4, -0.2) is 36.7 Å². The minimum Gasteiger partial charge on any atom is -0.340 e. The Balaban J connectivity index is 2.53. The minimum atomic E-state index is -4.61. The number of hydrogen-bond donors (Lipinski definition) is 0. The largest absolute Gasteiger partial charge is 0.383 e. The van der Waals surface area contributed by atoms with Crippen LogP contribution in [0.5, 0.6) is 0 Å². The van der Waals surface area contributed by atoms with Gasteiger partial charge >= 0.3 is 12.3 Å². The number of amides is 1. The van der Waals surface area contributed by atoms with Crippen molar-refractivity contribution in [3.05, 3.63) is 22.4 Å². The van der Waals surface area contributed by atoms with Crippen molar-refractivity contribution in [1.82, 2.24) is 4.90 Å². The summed E-state index contributed by atoms with van der Waals surface area (Å²) >= 11 is 1.42. The molecule has 0 unspecified atom stereocenters. The van der Waals surface area contributed by atoms with Gasteiger partial charge in [-0.15, -0.1) is 11.3 Å². The van der Waals surface area contributed by atoms with Gasteiger partial charge in [-0.1, -0.05) is 6.07 Å². The zero-order valence-electron chi connectivity index (χ0n) is 9.00. The molecule has 1 heterocycles. The molecule has 0 N–H and O–H groups in total. The van der Waals surface area contributed by atoms with E-state index in [1.807, 2.05) is 5.38 Å². The molecule has 1 aromatic rings. The monoisotopic (exact) mass is 269 g/mol. The molecule has 1 rings (SSSR count). The third-order valence-electron chi connectivity index (χ3n) is 2.18. The molecule has 0 aliphatic rings. The number of alkyl halides is 4. The van der Waals surface area contributed by atoms with Crippen LogP contribution in [0.3, 0.4) is 0 Å². The molecule has 17 heavy (non-hydrogen) atoms. The van der Waals surface area contributed by atoms with Crippen LogP contribution in [0.15, 0.2) is 17.5 Å². The molecule has 7 heteroatoms. The molecule has 0 spiro atoms. The second-order valence-corrected chi connectivity index (χ2v) is 4.51. The Kier molecular flexibility index (Phi) is 4.50. The number of nitrogens with zero attached hydrogens (tertiary/aromatic N) is 1. The summed E-state index contributed by atoms with van der Waals surface area (Å²) < 4.78 is 49.3. The van der Waals surface area contributed by atoms with E-state index in [0.717, 1.165) is 11.9 Å². The number of carbonyl (C=O) groups excluding carboxylic acids is 1. The Morgan fingerprint density at radius 2 is 2.18 bits per heavy atom. The third kappa shape index (κ3) is 3.42. The number of thiophene rings is 1. The summed E-state index contributed by atoms with van der Waals surface area (Å²) in [7, 11) is 1.09. The Morgan fingerprint density at radius 1 is 1.53 bits per heavy atom. The van der Waals surface area contributed by atoms with Crippen molar-refractivity contribution in [2.24, 2.45) is 0 Å². The Bertz CT molecular complexity index is 366. The lowest BCUT2D eigenvalue weighted by Crippen LogP contribution is -2.46. The molecule has 0 aliphatic carbocycles. The van der Waals surface area contributed by atoms with Crippen LogP contribution in [0.4, 0.5) is 17.6 Å². The van der Waals surface area contributed by atoms with Crippen molar-refractivity contribution < 1.29 is 22.4 Å². The standard InChI is InChI=1S/C10H11F4NOS/c1-15(5-4-7-3-2-6-17-7)9(16)10(13,14)8(11)12/h2-3,6,8H,4-5H2,1H3. The molecule has 0 aromatic carbocycles. The van der Waals surface area contributed by atoms with Gasteiger partial charge in [-0.2, -0.15) is 8.78 Å². The van der Waals surface area contributed by atoms with Gasteiger partial charge in [0, 0.05) is 18.5 Å². The van der Waals surface area contributed by atoms with Crippen LogP contribution in [0.1, 0.15) is 4.88 Å². The van der Waals surface area contributed by atoms with E-state index in [1.165, 1.54) is 11.3 Å². The summed E-state index contributed by atoms with van der Waals surface area (Å²) in [6, 6.07) is 3.57. The van der Waals surface area contributed by atoms with Crippen LogP contribution in [-0.2, 0) is 11.2 Å². The lowest BCUT2D eigenvalue weighted by Gasteiger charge is -2.22. The van der Waals surface area contributed by atoms with Crippen LogP contribution < -0.4 is 0 Å². The van der Waals surface area contributed by atoms with Gasteiger partial charge in [0.1, 0.15) is 0 Å². The first-order chi connectivity index (χ1) is 7.85. The second kappa shape index (κ2) is 5.48. The first kappa shape index (κ1) is 14.0. The van der Waals surface area contributed by atoms with Gasteiger partial charge in [-0.25, -0.2) is 8.78 Å². The third-order valence-corrected chi connectivity index (χ3v) is 3.12. The zero-order valence-corrected chi connectivity index (χ0v) is 9.82. The van der Waals surface area contributed by atoms with Gasteiger partial charge in [-0.3, -0.25) is 4.79 Å².